The molecule has 0 aliphatic carbocycles. The van der Waals surface area contributed by atoms with E-state index < -0.39 is 15.7 Å². The third-order valence-corrected chi connectivity index (χ3v) is 16.8. The Balaban J connectivity index is 2.26. The van der Waals surface area contributed by atoms with Crippen LogP contribution >= 0.6 is 0 Å². The van der Waals surface area contributed by atoms with E-state index in [1.165, 1.54) is 12.2 Å². The third kappa shape index (κ3) is 4.87. The van der Waals surface area contributed by atoms with Crippen LogP contribution in [0.5, 0.6) is 11.5 Å². The van der Waals surface area contributed by atoms with Gasteiger partial charge in [-0.3, -0.25) is 0 Å². The van der Waals surface area contributed by atoms with Crippen LogP contribution in [0.3, 0.4) is 0 Å². The average molecular weight is 385 g/mol. The normalized spacial score (nSPS) is 12.9. The fourth-order valence-corrected chi connectivity index (χ4v) is 6.43. The van der Waals surface area contributed by atoms with E-state index in [0.29, 0.717) is 22.9 Å². The second kappa shape index (κ2) is 8.08. The second-order valence-electron chi connectivity index (χ2n) is 6.79. The van der Waals surface area contributed by atoms with Crippen molar-refractivity contribution in [2.45, 2.75) is 26.2 Å². The van der Waals surface area contributed by atoms with Crippen molar-refractivity contribution in [3.63, 3.8) is 0 Å². The van der Waals surface area contributed by atoms with Gasteiger partial charge in [0.2, 0.25) is 12.2 Å². The van der Waals surface area contributed by atoms with E-state index >= 15 is 0 Å². The van der Waals surface area contributed by atoms with E-state index in [9.17, 15) is 9.59 Å². The van der Waals surface area contributed by atoms with Gasteiger partial charge in [0.25, 0.3) is 0 Å². The highest BCUT2D eigenvalue weighted by atomic mass is 29.3. The van der Waals surface area contributed by atoms with Crippen LogP contribution in [0.2, 0.25) is 26.2 Å². The van der Waals surface area contributed by atoms with E-state index in [1.807, 2.05) is 6.55 Å². The van der Waals surface area contributed by atoms with E-state index in [2.05, 4.69) is 29.6 Å². The summed E-state index contributed by atoms with van der Waals surface area (Å²) in [6.45, 7) is 8.66. The predicted octanol–water partition coefficient (Wildman–Crippen LogP) is 4.57. The lowest BCUT2D eigenvalue weighted by Crippen LogP contribution is -2.64. The maximum Gasteiger partial charge on any atom is 0.427 e. The van der Waals surface area contributed by atoms with Crippen LogP contribution in [0.15, 0.2) is 58.5 Å². The first-order valence-electron chi connectivity index (χ1n) is 8.01. The van der Waals surface area contributed by atoms with E-state index in [1.54, 1.807) is 48.5 Å². The molecule has 0 fully saturated rings. The zero-order valence-corrected chi connectivity index (χ0v) is 17.1. The number of benzene rings is 2. The van der Waals surface area contributed by atoms with Gasteiger partial charge in [-0.2, -0.15) is 9.98 Å². The van der Waals surface area contributed by atoms with Gasteiger partial charge in [-0.1, -0.05) is 19.6 Å². The molecule has 0 unspecified atom stereocenters. The topological polar surface area (TPSA) is 77.3 Å². The minimum Gasteiger partial charge on any atom is -0.515 e. The predicted molar refractivity (Wildman–Crippen MR) is 105 cm³/mol. The summed E-state index contributed by atoms with van der Waals surface area (Å²) < 4.78 is 12.7. The molecule has 0 heterocycles. The summed E-state index contributed by atoms with van der Waals surface area (Å²) in [6, 6.07) is 13.9. The molecule has 8 heteroatoms. The van der Waals surface area contributed by atoms with E-state index in [0.717, 1.165) is 0 Å². The van der Waals surface area contributed by atoms with Gasteiger partial charge in [-0.25, -0.2) is 9.59 Å². The maximum absolute atomic E-state index is 10.3. The highest BCUT2D eigenvalue weighted by Crippen LogP contribution is 2.29. The zero-order valence-electron chi connectivity index (χ0n) is 15.1. The summed E-state index contributed by atoms with van der Waals surface area (Å²) in [5.74, 6) is 1.35. The summed E-state index contributed by atoms with van der Waals surface area (Å²) in [5, 5.41) is 0. The lowest BCUT2D eigenvalue weighted by molar-refractivity contribution is 0.414. The summed E-state index contributed by atoms with van der Waals surface area (Å²) in [5.41, 5.74) is 1.05. The molecule has 26 heavy (non-hydrogen) atoms. The first-order chi connectivity index (χ1) is 12.3. The largest absolute Gasteiger partial charge is 0.515 e. The van der Waals surface area contributed by atoms with Crippen molar-refractivity contribution in [1.29, 1.82) is 0 Å². The number of hydrogen-bond donors (Lipinski definition) is 0. The SMILES string of the molecule is C[Si](C)(C)[Si](C)(Oc1ccc(N=C=O)cc1)Oc1ccc(N=C=O)cc1. The van der Waals surface area contributed by atoms with Crippen LogP contribution in [-0.4, -0.2) is 27.8 Å². The summed E-state index contributed by atoms with van der Waals surface area (Å²) in [4.78, 5) is 27.8. The Labute approximate surface area is 154 Å². The van der Waals surface area contributed by atoms with E-state index in [-0.39, 0.29) is 0 Å². The Hall–Kier alpha value is -2.77. The van der Waals surface area contributed by atoms with Crippen LogP contribution in [0.4, 0.5) is 11.4 Å². The van der Waals surface area contributed by atoms with Gasteiger partial charge in [-0.15, -0.1) is 0 Å². The molecule has 134 valence electrons. The highest BCUT2D eigenvalue weighted by Gasteiger charge is 2.50. The average Bonchev–Trinajstić information content (AvgIpc) is 2.58. The molecular formula is C18H20N2O4Si2. The Morgan fingerprint density at radius 2 is 1.04 bits per heavy atom. The van der Waals surface area contributed by atoms with Gasteiger partial charge in [0.1, 0.15) is 19.1 Å². The summed E-state index contributed by atoms with van der Waals surface area (Å²) in [6.07, 6.45) is 3.03. The number of hydrogen-bond acceptors (Lipinski definition) is 6. The molecule has 2 rings (SSSR count). The quantitative estimate of drug-likeness (QED) is 0.398. The van der Waals surface area contributed by atoms with Crippen LogP contribution in [0.25, 0.3) is 0 Å². The lowest BCUT2D eigenvalue weighted by atomic mass is 10.3. The van der Waals surface area contributed by atoms with Crippen molar-refractivity contribution in [3.05, 3.63) is 48.5 Å². The highest BCUT2D eigenvalue weighted by molar-refractivity contribution is 7.36. The van der Waals surface area contributed by atoms with Crippen LogP contribution in [-0.2, 0) is 9.59 Å². The monoisotopic (exact) mass is 384 g/mol. The molecule has 0 atom stereocenters. The summed E-state index contributed by atoms with van der Waals surface area (Å²) in [7, 11) is -4.39. The van der Waals surface area contributed by atoms with Crippen molar-refractivity contribution >= 4 is 39.2 Å². The first kappa shape index (κ1) is 19.6. The second-order valence-corrected chi connectivity index (χ2v) is 20.8. The Kier molecular flexibility index (Phi) is 6.07. The Morgan fingerprint density at radius 1 is 0.692 bits per heavy atom. The molecular weight excluding hydrogens is 364 g/mol. The van der Waals surface area contributed by atoms with Crippen molar-refractivity contribution in [2.75, 3.05) is 0 Å². The molecule has 2 aromatic rings. The number of nitrogens with zero attached hydrogens (tertiary/aromatic N) is 2. The molecule has 0 radical (unpaired) electrons. The van der Waals surface area contributed by atoms with Crippen molar-refractivity contribution in [1.82, 2.24) is 0 Å². The van der Waals surface area contributed by atoms with Gasteiger partial charge in [-0.05, 0) is 55.1 Å². The van der Waals surface area contributed by atoms with E-state index in [4.69, 9.17) is 8.85 Å². The fourth-order valence-electron chi connectivity index (χ4n) is 2.06. The first-order valence-corrected chi connectivity index (χ1v) is 14.8. The number of isocyanates is 2. The number of aliphatic imine (C=N–C) groups is 2. The smallest absolute Gasteiger partial charge is 0.427 e. The zero-order chi connectivity index (χ0) is 19.2. The molecule has 0 amide bonds. The van der Waals surface area contributed by atoms with Gasteiger partial charge >= 0.3 is 8.08 Å². The lowest BCUT2D eigenvalue weighted by Gasteiger charge is -2.37. The maximum atomic E-state index is 10.3. The molecule has 0 bridgehead atoms. The molecule has 0 aromatic heterocycles. The minimum atomic E-state index is -2.58. The van der Waals surface area contributed by atoms with Gasteiger partial charge in [0, 0.05) is 0 Å². The minimum absolute atomic E-state index is 0.524. The molecule has 2 aromatic carbocycles. The number of rotatable bonds is 7. The molecule has 0 aliphatic rings. The summed E-state index contributed by atoms with van der Waals surface area (Å²) >= 11 is 0. The van der Waals surface area contributed by atoms with Crippen LogP contribution in [0, 0.1) is 0 Å². The van der Waals surface area contributed by atoms with Gasteiger partial charge < -0.3 is 8.85 Å². The Bertz CT molecular complexity index is 785. The third-order valence-electron chi connectivity index (χ3n) is 4.01. The molecule has 0 spiro atoms. The van der Waals surface area contributed by atoms with Gasteiger partial charge in [0.05, 0.1) is 11.4 Å². The molecule has 0 N–H and O–H groups in total. The molecule has 6 nitrogen and oxygen atoms in total. The van der Waals surface area contributed by atoms with Crippen molar-refractivity contribution in [3.8, 4) is 11.5 Å². The molecule has 0 aliphatic heterocycles. The van der Waals surface area contributed by atoms with Crippen molar-refractivity contribution in [2.24, 2.45) is 9.98 Å². The fraction of sp³-hybridized carbons (Fsp3) is 0.222. The Morgan fingerprint density at radius 3 is 1.31 bits per heavy atom. The number of carbonyl (C=O) groups excluding carboxylic acids is 2. The van der Waals surface area contributed by atoms with Crippen molar-refractivity contribution < 1.29 is 18.4 Å². The standard InChI is InChI=1S/C18H20N2O4Si2/c1-25(2,3)26(4,23-17-9-5-15(6-10-17)19-13-21)24-18-11-7-16(8-12-18)20-14-22/h5-12H,1-4H3. The van der Waals surface area contributed by atoms with Gasteiger partial charge in [0.15, 0.2) is 0 Å². The van der Waals surface area contributed by atoms with Crippen LogP contribution < -0.4 is 8.85 Å². The molecule has 0 saturated heterocycles. The molecule has 0 saturated carbocycles. The van der Waals surface area contributed by atoms with Crippen LogP contribution in [0.1, 0.15) is 0 Å².